The number of amides is 2. The molecule has 6 heteroatoms. The molecule has 0 bridgehead atoms. The van der Waals surface area contributed by atoms with Crippen molar-refractivity contribution in [1.82, 2.24) is 5.32 Å². The van der Waals surface area contributed by atoms with Gasteiger partial charge in [0, 0.05) is 16.5 Å². The van der Waals surface area contributed by atoms with Gasteiger partial charge in [0.15, 0.2) is 0 Å². The number of anilines is 1. The van der Waals surface area contributed by atoms with Crippen LogP contribution in [0.2, 0.25) is 0 Å². The Balaban J connectivity index is 1.53. The summed E-state index contributed by atoms with van der Waals surface area (Å²) >= 11 is 1.40. The van der Waals surface area contributed by atoms with Gasteiger partial charge in [-0.05, 0) is 60.4 Å². The predicted molar refractivity (Wildman–Crippen MR) is 125 cm³/mol. The summed E-state index contributed by atoms with van der Waals surface area (Å²) in [5, 5.41) is 3.00. The molecule has 1 heterocycles. The maximum atomic E-state index is 13.5. The van der Waals surface area contributed by atoms with E-state index in [9.17, 15) is 14.0 Å². The van der Waals surface area contributed by atoms with Crippen LogP contribution >= 0.6 is 11.8 Å². The Morgan fingerprint density at radius 1 is 1.06 bits per heavy atom. The lowest BCUT2D eigenvalue weighted by atomic mass is 10.1. The standard InChI is InChI=1S/C26H21FN2O2S/c27-20-9-6-18(7-10-20)16-29-22-15-19(25(30)28-21-11-12-21)8-13-23(22)32-24(26(29)31)14-17-4-2-1-3-5-17/h1-10,13-15,21H,11-12,16H2,(H,28,30). The number of rotatable bonds is 5. The smallest absolute Gasteiger partial charge is 0.265 e. The average molecular weight is 445 g/mol. The summed E-state index contributed by atoms with van der Waals surface area (Å²) in [6, 6.07) is 21.5. The predicted octanol–water partition coefficient (Wildman–Crippen LogP) is 5.40. The fourth-order valence-electron chi connectivity index (χ4n) is 3.58. The summed E-state index contributed by atoms with van der Waals surface area (Å²) in [5.41, 5.74) is 2.97. The van der Waals surface area contributed by atoms with E-state index in [1.807, 2.05) is 42.5 Å². The second-order valence-electron chi connectivity index (χ2n) is 7.97. The summed E-state index contributed by atoms with van der Waals surface area (Å²) in [4.78, 5) is 29.3. The van der Waals surface area contributed by atoms with Gasteiger partial charge >= 0.3 is 0 Å². The first kappa shape index (κ1) is 20.5. The number of benzene rings is 3. The van der Waals surface area contributed by atoms with Crippen LogP contribution in [0.25, 0.3) is 6.08 Å². The monoisotopic (exact) mass is 444 g/mol. The third kappa shape index (κ3) is 4.46. The molecular weight excluding hydrogens is 423 g/mol. The zero-order valence-electron chi connectivity index (χ0n) is 17.3. The highest BCUT2D eigenvalue weighted by Gasteiger charge is 2.31. The van der Waals surface area contributed by atoms with Gasteiger partial charge in [0.2, 0.25) is 0 Å². The lowest BCUT2D eigenvalue weighted by Crippen LogP contribution is -2.34. The molecule has 0 spiro atoms. The Kier molecular flexibility index (Phi) is 5.53. The van der Waals surface area contributed by atoms with Gasteiger partial charge in [-0.15, -0.1) is 0 Å². The van der Waals surface area contributed by atoms with Gasteiger partial charge in [-0.3, -0.25) is 9.59 Å². The van der Waals surface area contributed by atoms with Crippen LogP contribution in [0.15, 0.2) is 82.6 Å². The summed E-state index contributed by atoms with van der Waals surface area (Å²) in [5.74, 6) is -0.589. The van der Waals surface area contributed by atoms with E-state index in [1.54, 1.807) is 29.2 Å². The molecule has 1 saturated carbocycles. The third-order valence-electron chi connectivity index (χ3n) is 5.45. The highest BCUT2D eigenvalue weighted by atomic mass is 32.2. The molecule has 0 unspecified atom stereocenters. The summed E-state index contributed by atoms with van der Waals surface area (Å²) in [6.07, 6.45) is 3.89. The van der Waals surface area contributed by atoms with Crippen LogP contribution in [-0.4, -0.2) is 17.9 Å². The first-order chi connectivity index (χ1) is 15.6. The molecule has 3 aromatic carbocycles. The Morgan fingerprint density at radius 3 is 2.53 bits per heavy atom. The van der Waals surface area contributed by atoms with Gasteiger partial charge in [-0.1, -0.05) is 54.2 Å². The van der Waals surface area contributed by atoms with Crippen LogP contribution in [-0.2, 0) is 11.3 Å². The van der Waals surface area contributed by atoms with Crippen LogP contribution < -0.4 is 10.2 Å². The molecule has 2 aliphatic rings. The van der Waals surface area contributed by atoms with E-state index in [1.165, 1.54) is 23.9 Å². The Labute approximate surface area is 190 Å². The number of nitrogens with one attached hydrogen (secondary N) is 1. The van der Waals surface area contributed by atoms with Crippen LogP contribution in [0.3, 0.4) is 0 Å². The second kappa shape index (κ2) is 8.63. The van der Waals surface area contributed by atoms with Crippen molar-refractivity contribution in [3.05, 3.63) is 100 Å². The van der Waals surface area contributed by atoms with Gasteiger partial charge in [0.05, 0.1) is 17.1 Å². The highest BCUT2D eigenvalue weighted by Crippen LogP contribution is 2.43. The van der Waals surface area contributed by atoms with Crippen molar-refractivity contribution < 1.29 is 14.0 Å². The molecule has 4 nitrogen and oxygen atoms in total. The number of hydrogen-bond acceptors (Lipinski definition) is 3. The van der Waals surface area contributed by atoms with Gasteiger partial charge in [0.1, 0.15) is 5.82 Å². The molecule has 0 radical (unpaired) electrons. The quantitative estimate of drug-likeness (QED) is 0.536. The first-order valence-corrected chi connectivity index (χ1v) is 11.3. The molecule has 1 aliphatic carbocycles. The summed E-state index contributed by atoms with van der Waals surface area (Å²) in [6.45, 7) is 0.284. The maximum absolute atomic E-state index is 13.5. The van der Waals surface area contributed by atoms with Crippen molar-refractivity contribution >= 4 is 35.3 Å². The fourth-order valence-corrected chi connectivity index (χ4v) is 4.62. The van der Waals surface area contributed by atoms with E-state index in [4.69, 9.17) is 0 Å². The molecule has 3 aromatic rings. The van der Waals surface area contributed by atoms with E-state index in [-0.39, 0.29) is 30.2 Å². The molecule has 5 rings (SSSR count). The zero-order chi connectivity index (χ0) is 22.1. The number of halogens is 1. The van der Waals surface area contributed by atoms with E-state index in [0.717, 1.165) is 28.9 Å². The van der Waals surface area contributed by atoms with Crippen LogP contribution in [0.1, 0.15) is 34.3 Å². The van der Waals surface area contributed by atoms with Crippen LogP contribution in [0.4, 0.5) is 10.1 Å². The Bertz CT molecular complexity index is 1200. The van der Waals surface area contributed by atoms with Gasteiger partial charge in [-0.2, -0.15) is 0 Å². The lowest BCUT2D eigenvalue weighted by Gasteiger charge is -2.31. The molecule has 0 aromatic heterocycles. The number of carbonyl (C=O) groups excluding carboxylic acids is 2. The van der Waals surface area contributed by atoms with Gasteiger partial charge in [-0.25, -0.2) is 4.39 Å². The summed E-state index contributed by atoms with van der Waals surface area (Å²) < 4.78 is 13.4. The molecule has 0 atom stereocenters. The van der Waals surface area contributed by atoms with Crippen LogP contribution in [0, 0.1) is 5.82 Å². The van der Waals surface area contributed by atoms with Crippen molar-refractivity contribution in [2.24, 2.45) is 0 Å². The molecule has 1 aliphatic heterocycles. The topological polar surface area (TPSA) is 49.4 Å². The molecule has 1 N–H and O–H groups in total. The number of nitrogens with zero attached hydrogens (tertiary/aromatic N) is 1. The van der Waals surface area contributed by atoms with Crippen molar-refractivity contribution in [2.75, 3.05) is 4.90 Å². The zero-order valence-corrected chi connectivity index (χ0v) is 18.1. The van der Waals surface area contributed by atoms with Gasteiger partial charge < -0.3 is 10.2 Å². The molecule has 160 valence electrons. The number of thioether (sulfide) groups is 1. The second-order valence-corrected chi connectivity index (χ2v) is 9.05. The third-order valence-corrected chi connectivity index (χ3v) is 6.53. The van der Waals surface area contributed by atoms with Crippen molar-refractivity contribution in [1.29, 1.82) is 0 Å². The van der Waals surface area contributed by atoms with E-state index in [2.05, 4.69) is 5.32 Å². The van der Waals surface area contributed by atoms with Crippen molar-refractivity contribution in [3.63, 3.8) is 0 Å². The van der Waals surface area contributed by atoms with E-state index < -0.39 is 0 Å². The van der Waals surface area contributed by atoms with Crippen LogP contribution in [0.5, 0.6) is 0 Å². The number of carbonyl (C=O) groups is 2. The Hall–Kier alpha value is -3.38. The Morgan fingerprint density at radius 2 is 1.81 bits per heavy atom. The van der Waals surface area contributed by atoms with E-state index in [0.29, 0.717) is 16.2 Å². The molecular formula is C26H21FN2O2S. The fraction of sp³-hybridized carbons (Fsp3) is 0.154. The van der Waals surface area contributed by atoms with Crippen molar-refractivity contribution in [3.8, 4) is 0 Å². The normalized spacial score (nSPS) is 16.7. The highest BCUT2D eigenvalue weighted by molar-refractivity contribution is 8.04. The first-order valence-electron chi connectivity index (χ1n) is 10.5. The maximum Gasteiger partial charge on any atom is 0.265 e. The van der Waals surface area contributed by atoms with Gasteiger partial charge in [0.25, 0.3) is 11.8 Å². The lowest BCUT2D eigenvalue weighted by molar-refractivity contribution is -0.114. The van der Waals surface area contributed by atoms with E-state index >= 15 is 0 Å². The SMILES string of the molecule is O=C(NC1CC1)c1ccc2c(c1)N(Cc1ccc(F)cc1)C(=O)C(=Cc1ccccc1)S2. The number of hydrogen-bond donors (Lipinski definition) is 1. The minimum Gasteiger partial charge on any atom is -0.349 e. The molecule has 0 saturated heterocycles. The molecule has 2 amide bonds. The number of fused-ring (bicyclic) bond motifs is 1. The molecule has 1 fully saturated rings. The minimum atomic E-state index is -0.321. The minimum absolute atomic E-state index is 0.125. The average Bonchev–Trinajstić information content (AvgIpc) is 3.62. The molecule has 32 heavy (non-hydrogen) atoms. The van der Waals surface area contributed by atoms with Crippen molar-refractivity contribution in [2.45, 2.75) is 30.3 Å². The summed E-state index contributed by atoms with van der Waals surface area (Å²) in [7, 11) is 0. The largest absolute Gasteiger partial charge is 0.349 e.